The number of carboxylic acid groups (broad SMARTS) is 1. The molecule has 3 heteroatoms. The third kappa shape index (κ3) is 2.38. The van der Waals surface area contributed by atoms with Gasteiger partial charge in [0.15, 0.2) is 0 Å². The van der Waals surface area contributed by atoms with E-state index in [4.69, 9.17) is 5.11 Å². The van der Waals surface area contributed by atoms with Crippen molar-refractivity contribution in [2.24, 2.45) is 5.92 Å². The molecule has 1 aliphatic carbocycles. The van der Waals surface area contributed by atoms with Crippen molar-refractivity contribution < 1.29 is 9.90 Å². The molecule has 2 aliphatic heterocycles. The highest BCUT2D eigenvalue weighted by Crippen LogP contribution is 2.43. The van der Waals surface area contributed by atoms with E-state index in [9.17, 15) is 4.79 Å². The van der Waals surface area contributed by atoms with Crippen LogP contribution in [0.3, 0.4) is 0 Å². The van der Waals surface area contributed by atoms with Crippen LogP contribution >= 0.6 is 0 Å². The summed E-state index contributed by atoms with van der Waals surface area (Å²) in [4.78, 5) is 13.6. The summed E-state index contributed by atoms with van der Waals surface area (Å²) in [6.07, 6.45) is 6.33. The van der Waals surface area contributed by atoms with Gasteiger partial charge >= 0.3 is 5.97 Å². The van der Waals surface area contributed by atoms with Crippen molar-refractivity contribution in [3.8, 4) is 0 Å². The zero-order chi connectivity index (χ0) is 14.4. The first-order valence-corrected chi connectivity index (χ1v) is 8.26. The quantitative estimate of drug-likeness (QED) is 0.924. The maximum absolute atomic E-state index is 10.9. The molecule has 4 rings (SSSR count). The third-order valence-corrected chi connectivity index (χ3v) is 5.84. The molecule has 0 saturated carbocycles. The topological polar surface area (TPSA) is 40.5 Å². The Labute approximate surface area is 126 Å². The van der Waals surface area contributed by atoms with Gasteiger partial charge in [-0.2, -0.15) is 0 Å². The summed E-state index contributed by atoms with van der Waals surface area (Å²) in [5, 5.41) is 9.01. The smallest absolute Gasteiger partial charge is 0.303 e. The first kappa shape index (κ1) is 13.3. The molecule has 112 valence electrons. The van der Waals surface area contributed by atoms with Gasteiger partial charge in [0.2, 0.25) is 0 Å². The lowest BCUT2D eigenvalue weighted by Crippen LogP contribution is -2.46. The molecule has 0 radical (unpaired) electrons. The monoisotopic (exact) mass is 285 g/mol. The third-order valence-electron chi connectivity index (χ3n) is 5.84. The number of benzene rings is 1. The van der Waals surface area contributed by atoms with Crippen LogP contribution in [0.5, 0.6) is 0 Å². The van der Waals surface area contributed by atoms with E-state index in [2.05, 4.69) is 29.2 Å². The zero-order valence-corrected chi connectivity index (χ0v) is 12.4. The van der Waals surface area contributed by atoms with Gasteiger partial charge in [-0.1, -0.05) is 24.3 Å². The summed E-state index contributed by atoms with van der Waals surface area (Å²) in [6, 6.07) is 10.1. The van der Waals surface area contributed by atoms with Gasteiger partial charge in [0.1, 0.15) is 0 Å². The molecule has 3 unspecified atom stereocenters. The Hall–Kier alpha value is -1.35. The second-order valence-corrected chi connectivity index (χ2v) is 7.12. The van der Waals surface area contributed by atoms with E-state index in [0.29, 0.717) is 30.3 Å². The van der Waals surface area contributed by atoms with Crippen LogP contribution in [0.2, 0.25) is 0 Å². The number of hydrogen-bond donors (Lipinski definition) is 1. The number of aliphatic carboxylic acids is 1. The Morgan fingerprint density at radius 3 is 2.57 bits per heavy atom. The van der Waals surface area contributed by atoms with E-state index < -0.39 is 5.97 Å². The summed E-state index contributed by atoms with van der Waals surface area (Å²) in [6.45, 7) is 1.19. The fourth-order valence-electron chi connectivity index (χ4n) is 4.88. The Kier molecular flexibility index (Phi) is 3.26. The minimum atomic E-state index is -0.624. The van der Waals surface area contributed by atoms with E-state index in [-0.39, 0.29) is 0 Å². The fraction of sp³-hybridized carbons (Fsp3) is 0.611. The summed E-state index contributed by atoms with van der Waals surface area (Å²) in [7, 11) is 0. The van der Waals surface area contributed by atoms with Gasteiger partial charge in [0, 0.05) is 31.0 Å². The number of carbonyl (C=O) groups is 1. The molecular formula is C18H23NO2. The maximum atomic E-state index is 10.9. The van der Waals surface area contributed by atoms with E-state index in [1.165, 1.54) is 31.4 Å². The molecule has 2 fully saturated rings. The van der Waals surface area contributed by atoms with Crippen molar-refractivity contribution in [1.82, 2.24) is 4.90 Å². The number of rotatable bonds is 4. The van der Waals surface area contributed by atoms with Crippen molar-refractivity contribution in [2.45, 2.75) is 56.5 Å². The average molecular weight is 285 g/mol. The van der Waals surface area contributed by atoms with Crippen molar-refractivity contribution in [3.05, 3.63) is 35.4 Å². The van der Waals surface area contributed by atoms with Gasteiger partial charge in [0.25, 0.3) is 0 Å². The molecule has 1 N–H and O–H groups in total. The van der Waals surface area contributed by atoms with Crippen LogP contribution in [-0.2, 0) is 11.2 Å². The predicted octanol–water partition coefficient (Wildman–Crippen LogP) is 3.04. The van der Waals surface area contributed by atoms with Crippen LogP contribution < -0.4 is 0 Å². The Morgan fingerprint density at radius 2 is 1.90 bits per heavy atom. The van der Waals surface area contributed by atoms with Crippen molar-refractivity contribution in [2.75, 3.05) is 6.54 Å². The number of nitrogens with zero attached hydrogens (tertiary/aromatic N) is 1. The van der Waals surface area contributed by atoms with Crippen molar-refractivity contribution in [1.29, 1.82) is 0 Å². The summed E-state index contributed by atoms with van der Waals surface area (Å²) < 4.78 is 0. The van der Waals surface area contributed by atoms with E-state index >= 15 is 0 Å². The van der Waals surface area contributed by atoms with Gasteiger partial charge in [-0.3, -0.25) is 9.69 Å². The highest BCUT2D eigenvalue weighted by atomic mass is 16.4. The van der Waals surface area contributed by atoms with Gasteiger partial charge in [-0.15, -0.1) is 0 Å². The summed E-state index contributed by atoms with van der Waals surface area (Å²) in [5.41, 5.74) is 3.07. The minimum Gasteiger partial charge on any atom is -0.481 e. The molecule has 0 amide bonds. The van der Waals surface area contributed by atoms with Crippen molar-refractivity contribution >= 4 is 5.97 Å². The van der Waals surface area contributed by atoms with Crippen LogP contribution in [-0.4, -0.2) is 34.6 Å². The zero-order valence-electron chi connectivity index (χ0n) is 12.4. The second kappa shape index (κ2) is 5.13. The van der Waals surface area contributed by atoms with Crippen LogP contribution in [0.25, 0.3) is 0 Å². The molecule has 2 heterocycles. The lowest BCUT2D eigenvalue weighted by atomic mass is 9.76. The molecule has 1 aromatic carbocycles. The van der Waals surface area contributed by atoms with E-state index in [1.807, 2.05) is 0 Å². The summed E-state index contributed by atoms with van der Waals surface area (Å²) in [5.74, 6) is 0.492. The second-order valence-electron chi connectivity index (χ2n) is 7.12. The molecule has 3 nitrogen and oxygen atoms in total. The molecule has 0 aromatic heterocycles. The first-order valence-electron chi connectivity index (χ1n) is 8.26. The Balaban J connectivity index is 1.41. The van der Waals surface area contributed by atoms with E-state index in [1.54, 1.807) is 5.56 Å². The van der Waals surface area contributed by atoms with Crippen molar-refractivity contribution in [3.63, 3.8) is 0 Å². The Morgan fingerprint density at radius 1 is 1.19 bits per heavy atom. The van der Waals surface area contributed by atoms with Crippen LogP contribution in [0.1, 0.15) is 49.1 Å². The molecule has 3 atom stereocenters. The number of carboxylic acids is 1. The van der Waals surface area contributed by atoms with Gasteiger partial charge < -0.3 is 5.11 Å². The van der Waals surface area contributed by atoms with E-state index in [0.717, 1.165) is 12.8 Å². The predicted molar refractivity (Wildman–Crippen MR) is 81.4 cm³/mol. The van der Waals surface area contributed by atoms with Gasteiger partial charge in [-0.05, 0) is 49.1 Å². The van der Waals surface area contributed by atoms with Gasteiger partial charge in [0.05, 0.1) is 0 Å². The summed E-state index contributed by atoms with van der Waals surface area (Å²) >= 11 is 0. The minimum absolute atomic E-state index is 0.368. The SMILES string of the molecule is O=C(O)CC1CC2CCC(C1)N2CC1Cc2ccccc21. The van der Waals surface area contributed by atoms with Crippen LogP contribution in [0, 0.1) is 5.92 Å². The first-order chi connectivity index (χ1) is 10.2. The standard InChI is InChI=1S/C18H23NO2/c20-18(21)9-12-7-15-5-6-16(8-12)19(15)11-14-10-13-3-1-2-4-17(13)14/h1-4,12,14-16H,5-11H2,(H,20,21). The maximum Gasteiger partial charge on any atom is 0.303 e. The number of fused-ring (bicyclic) bond motifs is 3. The molecule has 21 heavy (non-hydrogen) atoms. The lowest BCUT2D eigenvalue weighted by molar-refractivity contribution is -0.138. The molecule has 1 aromatic rings. The lowest BCUT2D eigenvalue weighted by Gasteiger charge is -2.43. The fourth-order valence-corrected chi connectivity index (χ4v) is 4.88. The molecule has 3 aliphatic rings. The highest BCUT2D eigenvalue weighted by Gasteiger charge is 2.42. The number of piperidine rings is 1. The molecule has 2 bridgehead atoms. The molecule has 2 saturated heterocycles. The van der Waals surface area contributed by atoms with Crippen LogP contribution in [0.15, 0.2) is 24.3 Å². The Bertz CT molecular complexity index is 542. The number of hydrogen-bond acceptors (Lipinski definition) is 2. The molecular weight excluding hydrogens is 262 g/mol. The molecule has 0 spiro atoms. The largest absolute Gasteiger partial charge is 0.481 e. The average Bonchev–Trinajstić information content (AvgIpc) is 2.66. The van der Waals surface area contributed by atoms with Gasteiger partial charge in [-0.25, -0.2) is 0 Å². The highest BCUT2D eigenvalue weighted by molar-refractivity contribution is 5.67. The normalized spacial score (nSPS) is 34.3. The van der Waals surface area contributed by atoms with Crippen LogP contribution in [0.4, 0.5) is 0 Å².